The first-order valence-corrected chi connectivity index (χ1v) is 10.9. The fourth-order valence-corrected chi connectivity index (χ4v) is 3.60. The van der Waals surface area contributed by atoms with E-state index in [9.17, 15) is 9.90 Å². The van der Waals surface area contributed by atoms with E-state index >= 15 is 0 Å². The van der Waals surface area contributed by atoms with Gasteiger partial charge in [0.15, 0.2) is 11.5 Å². The number of hydrogen-bond acceptors (Lipinski definition) is 9. The number of rotatable bonds is 7. The minimum absolute atomic E-state index is 0.102. The molecule has 2 aromatic heterocycles. The maximum absolute atomic E-state index is 12.4. The van der Waals surface area contributed by atoms with Gasteiger partial charge in [-0.25, -0.2) is 9.78 Å². The highest BCUT2D eigenvalue weighted by Gasteiger charge is 2.19. The lowest BCUT2D eigenvalue weighted by Crippen LogP contribution is -2.44. The first kappa shape index (κ1) is 23.1. The zero-order valence-electron chi connectivity index (χ0n) is 19.3. The van der Waals surface area contributed by atoms with Gasteiger partial charge in [0.05, 0.1) is 7.11 Å². The highest BCUT2D eigenvalue weighted by Crippen LogP contribution is 2.33. The van der Waals surface area contributed by atoms with Gasteiger partial charge in [-0.1, -0.05) is 0 Å². The molecule has 180 valence electrons. The standard InChI is InChI=1S/C22H28N8O4/c1-13-10-18(26-19-12-20(31)29-28-19)27-22(23-13)34-16-5-4-15(11-17(16)33-3)25-21(32)24-14-6-8-30(2)9-7-14/h4-5,10-12,14H,6-9H2,1-3H3,(H2,24,25,32)(H3,23,26,27,28,29,31). The van der Waals surface area contributed by atoms with Crippen molar-refractivity contribution >= 4 is 23.4 Å². The average Bonchev–Trinajstić information content (AvgIpc) is 3.20. The molecule has 1 fully saturated rings. The molecule has 0 atom stereocenters. The highest BCUT2D eigenvalue weighted by atomic mass is 16.5. The summed E-state index contributed by atoms with van der Waals surface area (Å²) in [6.45, 7) is 3.73. The summed E-state index contributed by atoms with van der Waals surface area (Å²) in [7, 11) is 3.59. The Kier molecular flexibility index (Phi) is 6.97. The number of likely N-dealkylation sites (tertiary alicyclic amines) is 1. The fourth-order valence-electron chi connectivity index (χ4n) is 3.60. The number of nitrogens with one attached hydrogen (secondary N) is 4. The van der Waals surface area contributed by atoms with Gasteiger partial charge in [0, 0.05) is 35.6 Å². The summed E-state index contributed by atoms with van der Waals surface area (Å²) in [6.07, 6.45) is 1.85. The Morgan fingerprint density at radius 1 is 1.18 bits per heavy atom. The number of nitrogens with zero attached hydrogens (tertiary/aromatic N) is 4. The number of H-pyrrole nitrogens is 1. The monoisotopic (exact) mass is 468 g/mol. The van der Waals surface area contributed by atoms with Crippen molar-refractivity contribution in [2.45, 2.75) is 25.8 Å². The molecule has 2 amide bonds. The first-order chi connectivity index (χ1) is 16.4. The zero-order valence-corrected chi connectivity index (χ0v) is 19.3. The van der Waals surface area contributed by atoms with E-state index in [4.69, 9.17) is 9.47 Å². The molecule has 12 nitrogen and oxygen atoms in total. The van der Waals surface area contributed by atoms with Gasteiger partial charge in [0.1, 0.15) is 11.6 Å². The molecule has 34 heavy (non-hydrogen) atoms. The maximum atomic E-state index is 12.4. The van der Waals surface area contributed by atoms with Crippen molar-refractivity contribution in [2.24, 2.45) is 0 Å². The molecule has 1 aliphatic rings. The Bertz CT molecular complexity index is 1140. The van der Waals surface area contributed by atoms with E-state index in [1.165, 1.54) is 13.2 Å². The van der Waals surface area contributed by atoms with Crippen LogP contribution in [0.5, 0.6) is 23.4 Å². The Balaban J connectivity index is 1.42. The van der Waals surface area contributed by atoms with Gasteiger partial charge >= 0.3 is 12.0 Å². The van der Waals surface area contributed by atoms with Gasteiger partial charge in [-0.15, -0.1) is 5.10 Å². The summed E-state index contributed by atoms with van der Waals surface area (Å²) < 4.78 is 11.3. The number of urea groups is 1. The molecule has 5 N–H and O–H groups in total. The summed E-state index contributed by atoms with van der Waals surface area (Å²) in [4.78, 5) is 23.3. The number of methoxy groups -OCH3 is 1. The van der Waals surface area contributed by atoms with Crippen LogP contribution in [-0.2, 0) is 0 Å². The number of aromatic hydroxyl groups is 1. The molecule has 0 bridgehead atoms. The van der Waals surface area contributed by atoms with E-state index in [1.807, 2.05) is 0 Å². The number of piperidine rings is 1. The lowest BCUT2D eigenvalue weighted by molar-refractivity contribution is 0.221. The molecule has 0 radical (unpaired) electrons. The largest absolute Gasteiger partial charge is 0.493 e. The van der Waals surface area contributed by atoms with E-state index < -0.39 is 0 Å². The number of amides is 2. The molecule has 3 heterocycles. The van der Waals surface area contributed by atoms with Crippen molar-refractivity contribution in [1.82, 2.24) is 30.4 Å². The van der Waals surface area contributed by atoms with Gasteiger partial charge in [0.2, 0.25) is 5.88 Å². The van der Waals surface area contributed by atoms with Crippen LogP contribution in [0.15, 0.2) is 30.3 Å². The van der Waals surface area contributed by atoms with Gasteiger partial charge in [-0.05, 0) is 52.0 Å². The second kappa shape index (κ2) is 10.3. The van der Waals surface area contributed by atoms with Gasteiger partial charge < -0.3 is 35.4 Å². The predicted molar refractivity (Wildman–Crippen MR) is 126 cm³/mol. The second-order valence-electron chi connectivity index (χ2n) is 8.09. The third-order valence-corrected chi connectivity index (χ3v) is 5.34. The Morgan fingerprint density at radius 3 is 2.68 bits per heavy atom. The van der Waals surface area contributed by atoms with Crippen molar-refractivity contribution in [2.75, 3.05) is 37.9 Å². The summed E-state index contributed by atoms with van der Waals surface area (Å²) >= 11 is 0. The van der Waals surface area contributed by atoms with Crippen LogP contribution < -0.4 is 25.4 Å². The van der Waals surface area contributed by atoms with Crippen LogP contribution in [0.4, 0.5) is 22.1 Å². The third kappa shape index (κ3) is 6.04. The van der Waals surface area contributed by atoms with Crippen LogP contribution >= 0.6 is 0 Å². The maximum Gasteiger partial charge on any atom is 0.324 e. The summed E-state index contributed by atoms with van der Waals surface area (Å²) in [5, 5.41) is 24.5. The quantitative estimate of drug-likeness (QED) is 0.353. The molecule has 1 saturated heterocycles. The van der Waals surface area contributed by atoms with Crippen molar-refractivity contribution in [3.63, 3.8) is 0 Å². The molecule has 1 aromatic carbocycles. The van der Waals surface area contributed by atoms with Crippen LogP contribution in [0.25, 0.3) is 0 Å². The second-order valence-corrected chi connectivity index (χ2v) is 8.09. The number of carbonyl (C=O) groups is 1. The number of benzene rings is 1. The van der Waals surface area contributed by atoms with Crippen LogP contribution in [0, 0.1) is 6.92 Å². The minimum Gasteiger partial charge on any atom is -0.493 e. The number of anilines is 3. The van der Waals surface area contributed by atoms with E-state index in [2.05, 4.69) is 48.1 Å². The summed E-state index contributed by atoms with van der Waals surface area (Å²) in [6, 6.07) is 8.22. The molecule has 0 spiro atoms. The molecule has 0 unspecified atom stereocenters. The van der Waals surface area contributed by atoms with E-state index in [1.54, 1.807) is 31.2 Å². The molecule has 1 aliphatic heterocycles. The number of aromatic nitrogens is 4. The van der Waals surface area contributed by atoms with E-state index in [-0.39, 0.29) is 24.0 Å². The predicted octanol–water partition coefficient (Wildman–Crippen LogP) is 2.97. The first-order valence-electron chi connectivity index (χ1n) is 10.9. The number of aromatic amines is 1. The Hall–Kier alpha value is -4.06. The Morgan fingerprint density at radius 2 is 1.97 bits per heavy atom. The molecule has 0 saturated carbocycles. The molecular formula is C22H28N8O4. The van der Waals surface area contributed by atoms with Crippen LogP contribution in [0.1, 0.15) is 18.5 Å². The van der Waals surface area contributed by atoms with Crippen molar-refractivity contribution in [3.05, 3.63) is 36.0 Å². The number of hydrogen-bond donors (Lipinski definition) is 5. The van der Waals surface area contributed by atoms with E-state index in [0.717, 1.165) is 25.9 Å². The SMILES string of the molecule is COc1cc(NC(=O)NC2CCN(C)CC2)ccc1Oc1nc(C)cc(Nc2cc(O)n[nH]2)n1. The minimum atomic E-state index is -0.257. The zero-order chi connectivity index (χ0) is 24.1. The Labute approximate surface area is 196 Å². The van der Waals surface area contributed by atoms with Crippen LogP contribution in [0.2, 0.25) is 0 Å². The van der Waals surface area contributed by atoms with Crippen molar-refractivity contribution in [1.29, 1.82) is 0 Å². The van der Waals surface area contributed by atoms with Crippen molar-refractivity contribution < 1.29 is 19.4 Å². The molecule has 4 rings (SSSR count). The van der Waals surface area contributed by atoms with Crippen molar-refractivity contribution in [3.8, 4) is 23.4 Å². The molecule has 0 aliphatic carbocycles. The average molecular weight is 469 g/mol. The summed E-state index contributed by atoms with van der Waals surface area (Å²) in [5.74, 6) is 1.58. The summed E-state index contributed by atoms with van der Waals surface area (Å²) in [5.41, 5.74) is 1.24. The molecule has 3 aromatic rings. The van der Waals surface area contributed by atoms with Gasteiger partial charge in [0.25, 0.3) is 0 Å². The van der Waals surface area contributed by atoms with Gasteiger partial charge in [-0.2, -0.15) is 4.98 Å². The number of aryl methyl sites for hydroxylation is 1. The number of carbonyl (C=O) groups excluding carboxylic acids is 1. The highest BCUT2D eigenvalue weighted by molar-refractivity contribution is 5.89. The number of ether oxygens (including phenoxy) is 2. The van der Waals surface area contributed by atoms with Crippen LogP contribution in [-0.4, -0.2) is 69.5 Å². The normalized spacial score (nSPS) is 14.4. The molecular weight excluding hydrogens is 440 g/mol. The van der Waals surface area contributed by atoms with Gasteiger partial charge in [-0.3, -0.25) is 5.10 Å². The third-order valence-electron chi connectivity index (χ3n) is 5.34. The lowest BCUT2D eigenvalue weighted by Gasteiger charge is -2.29. The smallest absolute Gasteiger partial charge is 0.324 e. The topological polar surface area (TPSA) is 150 Å². The van der Waals surface area contributed by atoms with E-state index in [0.29, 0.717) is 34.5 Å². The molecule has 12 heteroatoms. The van der Waals surface area contributed by atoms with Crippen LogP contribution in [0.3, 0.4) is 0 Å². The lowest BCUT2D eigenvalue weighted by atomic mass is 10.1. The fraction of sp³-hybridized carbons (Fsp3) is 0.364.